The van der Waals surface area contributed by atoms with Crippen molar-refractivity contribution in [3.05, 3.63) is 52.8 Å². The number of aromatic carboxylic acids is 1. The summed E-state index contributed by atoms with van der Waals surface area (Å²) in [5, 5.41) is 12.0. The van der Waals surface area contributed by atoms with Crippen molar-refractivity contribution >= 4 is 23.0 Å². The zero-order valence-electron chi connectivity index (χ0n) is 11.2. The molecule has 0 heterocycles. The van der Waals surface area contributed by atoms with Crippen molar-refractivity contribution in [1.82, 2.24) is 0 Å². The number of carboxylic acid groups (broad SMARTS) is 1. The first-order valence-electron chi connectivity index (χ1n) is 6.05. The van der Waals surface area contributed by atoms with E-state index >= 15 is 0 Å². The fraction of sp³-hybridized carbons (Fsp3) is 0.133. The van der Waals surface area contributed by atoms with Gasteiger partial charge in [-0.3, -0.25) is 0 Å². The summed E-state index contributed by atoms with van der Waals surface area (Å²) in [6, 6.07) is 7.86. The van der Waals surface area contributed by atoms with Gasteiger partial charge in [-0.15, -0.1) is 0 Å². The zero-order chi connectivity index (χ0) is 14.9. The smallest absolute Gasteiger partial charge is 0.337 e. The second-order valence-corrected chi connectivity index (χ2v) is 4.67. The maximum Gasteiger partial charge on any atom is 0.337 e. The van der Waals surface area contributed by atoms with Crippen LogP contribution in [0.15, 0.2) is 30.3 Å². The van der Waals surface area contributed by atoms with Gasteiger partial charge in [-0.2, -0.15) is 0 Å². The van der Waals surface area contributed by atoms with E-state index in [0.717, 1.165) is 5.56 Å². The minimum Gasteiger partial charge on any atom is -0.478 e. The lowest BCUT2D eigenvalue weighted by atomic mass is 10.1. The molecule has 0 bridgehead atoms. The van der Waals surface area contributed by atoms with Crippen LogP contribution in [-0.2, 0) is 0 Å². The summed E-state index contributed by atoms with van der Waals surface area (Å²) >= 11 is 0. The van der Waals surface area contributed by atoms with Crippen molar-refractivity contribution in [1.29, 1.82) is 0 Å². The van der Waals surface area contributed by atoms with Crippen LogP contribution in [0.3, 0.4) is 0 Å². The van der Waals surface area contributed by atoms with E-state index in [4.69, 9.17) is 10.8 Å². The molecule has 0 aliphatic carbocycles. The van der Waals surface area contributed by atoms with E-state index in [1.807, 2.05) is 0 Å². The number of rotatable bonds is 3. The van der Waals surface area contributed by atoms with E-state index in [9.17, 15) is 9.18 Å². The van der Waals surface area contributed by atoms with Gasteiger partial charge < -0.3 is 16.2 Å². The van der Waals surface area contributed by atoms with Gasteiger partial charge in [0, 0.05) is 11.4 Å². The molecule has 0 atom stereocenters. The highest BCUT2D eigenvalue weighted by molar-refractivity contribution is 5.96. The zero-order valence-corrected chi connectivity index (χ0v) is 11.2. The number of benzene rings is 2. The number of anilines is 3. The molecule has 0 saturated heterocycles. The largest absolute Gasteiger partial charge is 0.478 e. The fourth-order valence-corrected chi connectivity index (χ4v) is 1.92. The number of aryl methyl sites for hydroxylation is 2. The van der Waals surface area contributed by atoms with E-state index in [1.54, 1.807) is 32.0 Å². The van der Waals surface area contributed by atoms with Crippen LogP contribution in [-0.4, -0.2) is 11.1 Å². The molecule has 5 heteroatoms. The molecular formula is C15H15FN2O2. The SMILES string of the molecule is Cc1ccc(Nc2cc(C)c(N)c(C(=O)O)c2)c(F)c1. The lowest BCUT2D eigenvalue weighted by Gasteiger charge is -2.12. The first kappa shape index (κ1) is 13.9. The van der Waals surface area contributed by atoms with Gasteiger partial charge in [-0.25, -0.2) is 9.18 Å². The van der Waals surface area contributed by atoms with E-state index in [1.165, 1.54) is 12.1 Å². The molecule has 4 nitrogen and oxygen atoms in total. The highest BCUT2D eigenvalue weighted by Gasteiger charge is 2.12. The number of nitrogens with one attached hydrogen (secondary N) is 1. The summed E-state index contributed by atoms with van der Waals surface area (Å²) in [6.45, 7) is 3.50. The lowest BCUT2D eigenvalue weighted by Crippen LogP contribution is -2.06. The lowest BCUT2D eigenvalue weighted by molar-refractivity contribution is 0.0698. The average molecular weight is 274 g/mol. The Hall–Kier alpha value is -2.56. The van der Waals surface area contributed by atoms with Crippen molar-refractivity contribution in [2.45, 2.75) is 13.8 Å². The van der Waals surface area contributed by atoms with Gasteiger partial charge in [0.05, 0.1) is 11.3 Å². The average Bonchev–Trinajstić information content (AvgIpc) is 2.36. The Kier molecular flexibility index (Phi) is 3.61. The molecule has 2 aromatic carbocycles. The molecule has 0 saturated carbocycles. The molecule has 0 amide bonds. The van der Waals surface area contributed by atoms with Crippen LogP contribution in [0.4, 0.5) is 21.5 Å². The molecule has 0 aromatic heterocycles. The minimum atomic E-state index is -1.11. The Bertz CT molecular complexity index is 684. The molecule has 2 aromatic rings. The van der Waals surface area contributed by atoms with E-state index in [-0.39, 0.29) is 16.9 Å². The quantitative estimate of drug-likeness (QED) is 0.749. The van der Waals surface area contributed by atoms with Crippen molar-refractivity contribution in [3.8, 4) is 0 Å². The Labute approximate surface area is 116 Å². The number of hydrogen-bond acceptors (Lipinski definition) is 3. The number of carbonyl (C=O) groups is 1. The van der Waals surface area contributed by atoms with Crippen LogP contribution in [0.2, 0.25) is 0 Å². The number of nitrogens with two attached hydrogens (primary N) is 1. The first-order chi connectivity index (χ1) is 9.38. The van der Waals surface area contributed by atoms with Gasteiger partial charge in [0.25, 0.3) is 0 Å². The summed E-state index contributed by atoms with van der Waals surface area (Å²) in [5.74, 6) is -1.50. The van der Waals surface area contributed by atoms with E-state index in [0.29, 0.717) is 11.3 Å². The van der Waals surface area contributed by atoms with Crippen LogP contribution in [0.25, 0.3) is 0 Å². The third-order valence-corrected chi connectivity index (χ3v) is 3.02. The highest BCUT2D eigenvalue weighted by Crippen LogP contribution is 2.26. The van der Waals surface area contributed by atoms with Crippen molar-refractivity contribution < 1.29 is 14.3 Å². The molecule has 0 unspecified atom stereocenters. The van der Waals surface area contributed by atoms with E-state index in [2.05, 4.69) is 5.32 Å². The topological polar surface area (TPSA) is 75.3 Å². The normalized spacial score (nSPS) is 10.3. The third-order valence-electron chi connectivity index (χ3n) is 3.02. The summed E-state index contributed by atoms with van der Waals surface area (Å²) in [5.41, 5.74) is 8.14. The van der Waals surface area contributed by atoms with Crippen LogP contribution in [0.1, 0.15) is 21.5 Å². The van der Waals surface area contributed by atoms with Gasteiger partial charge in [0.15, 0.2) is 0 Å². The fourth-order valence-electron chi connectivity index (χ4n) is 1.92. The van der Waals surface area contributed by atoms with Crippen LogP contribution in [0.5, 0.6) is 0 Å². The molecular weight excluding hydrogens is 259 g/mol. The van der Waals surface area contributed by atoms with Gasteiger partial charge >= 0.3 is 5.97 Å². The molecule has 0 aliphatic rings. The maximum atomic E-state index is 13.8. The van der Waals surface area contributed by atoms with Crippen LogP contribution in [0, 0.1) is 19.7 Å². The molecule has 0 radical (unpaired) electrons. The molecule has 104 valence electrons. The number of carboxylic acids is 1. The predicted octanol–water partition coefficient (Wildman–Crippen LogP) is 3.47. The summed E-state index contributed by atoms with van der Waals surface area (Å²) in [7, 11) is 0. The Morgan fingerprint density at radius 1 is 1.25 bits per heavy atom. The van der Waals surface area contributed by atoms with Crippen LogP contribution >= 0.6 is 0 Å². The van der Waals surface area contributed by atoms with Gasteiger partial charge in [-0.1, -0.05) is 6.07 Å². The molecule has 4 N–H and O–H groups in total. The maximum absolute atomic E-state index is 13.8. The van der Waals surface area contributed by atoms with Crippen molar-refractivity contribution in [3.63, 3.8) is 0 Å². The Balaban J connectivity index is 2.41. The van der Waals surface area contributed by atoms with Gasteiger partial charge in [0.2, 0.25) is 0 Å². The molecule has 0 aliphatic heterocycles. The Morgan fingerprint density at radius 2 is 1.95 bits per heavy atom. The number of hydrogen-bond donors (Lipinski definition) is 3. The van der Waals surface area contributed by atoms with E-state index < -0.39 is 11.8 Å². The molecule has 2 rings (SSSR count). The van der Waals surface area contributed by atoms with Crippen molar-refractivity contribution in [2.75, 3.05) is 11.1 Å². The highest BCUT2D eigenvalue weighted by atomic mass is 19.1. The molecule has 0 spiro atoms. The third kappa shape index (κ3) is 2.71. The Morgan fingerprint density at radius 3 is 2.55 bits per heavy atom. The second-order valence-electron chi connectivity index (χ2n) is 4.67. The standard InChI is InChI=1S/C15H15FN2O2/c1-8-3-4-13(12(16)5-8)18-10-6-9(2)14(17)11(7-10)15(19)20/h3-7,18H,17H2,1-2H3,(H,19,20). The summed E-state index contributed by atoms with van der Waals surface area (Å²) in [4.78, 5) is 11.1. The van der Waals surface area contributed by atoms with Gasteiger partial charge in [0.1, 0.15) is 5.82 Å². The first-order valence-corrected chi connectivity index (χ1v) is 6.05. The minimum absolute atomic E-state index is 0.0000184. The van der Waals surface area contributed by atoms with Crippen molar-refractivity contribution in [2.24, 2.45) is 0 Å². The number of nitrogen functional groups attached to an aromatic ring is 1. The summed E-state index contributed by atoms with van der Waals surface area (Å²) < 4.78 is 13.8. The number of halogens is 1. The molecule has 20 heavy (non-hydrogen) atoms. The summed E-state index contributed by atoms with van der Waals surface area (Å²) in [6.07, 6.45) is 0. The van der Waals surface area contributed by atoms with Crippen LogP contribution < -0.4 is 11.1 Å². The molecule has 0 fully saturated rings. The predicted molar refractivity (Wildman–Crippen MR) is 77.0 cm³/mol. The second kappa shape index (κ2) is 5.21. The monoisotopic (exact) mass is 274 g/mol. The van der Waals surface area contributed by atoms with Gasteiger partial charge in [-0.05, 0) is 49.2 Å².